The Labute approximate surface area is 114 Å². The first-order valence-corrected chi connectivity index (χ1v) is 6.48. The van der Waals surface area contributed by atoms with Crippen molar-refractivity contribution in [3.05, 3.63) is 41.5 Å². The van der Waals surface area contributed by atoms with Crippen molar-refractivity contribution in [2.24, 2.45) is 10.1 Å². The number of thioether (sulfide) groups is 1. The molecule has 0 spiro atoms. The van der Waals surface area contributed by atoms with E-state index < -0.39 is 5.91 Å². The number of benzene rings is 1. The third-order valence-electron chi connectivity index (χ3n) is 2.67. The zero-order chi connectivity index (χ0) is 13.4. The molecule has 2 aliphatic rings. The van der Waals surface area contributed by atoms with Gasteiger partial charge in [0.05, 0.1) is 10.6 Å². The molecule has 0 aliphatic carbocycles. The minimum Gasteiger partial charge on any atom is -0.282 e. The zero-order valence-electron chi connectivity index (χ0n) is 10.1. The van der Waals surface area contributed by atoms with Crippen molar-refractivity contribution in [1.82, 2.24) is 5.01 Å². The lowest BCUT2D eigenvalue weighted by molar-refractivity contribution is -0.114. The maximum atomic E-state index is 12.0. The van der Waals surface area contributed by atoms with E-state index in [4.69, 9.17) is 5.41 Å². The van der Waals surface area contributed by atoms with Gasteiger partial charge in [-0.15, -0.1) is 0 Å². The van der Waals surface area contributed by atoms with Gasteiger partial charge in [0, 0.05) is 0 Å². The molecule has 3 rings (SSSR count). The van der Waals surface area contributed by atoms with Crippen molar-refractivity contribution >= 4 is 39.8 Å². The highest BCUT2D eigenvalue weighted by molar-refractivity contribution is 8.26. The van der Waals surface area contributed by atoms with E-state index in [1.807, 2.05) is 37.3 Å². The molecule has 1 aromatic carbocycles. The van der Waals surface area contributed by atoms with Crippen LogP contribution in [0.25, 0.3) is 6.08 Å². The predicted octanol–water partition coefficient (Wildman–Crippen LogP) is 2.33. The first-order valence-electron chi connectivity index (χ1n) is 5.67. The molecule has 19 heavy (non-hydrogen) atoms. The summed E-state index contributed by atoms with van der Waals surface area (Å²) in [4.78, 5) is 15.9. The highest BCUT2D eigenvalue weighted by atomic mass is 32.2. The summed E-state index contributed by atoms with van der Waals surface area (Å²) in [6.07, 6.45) is 1.67. The minimum absolute atomic E-state index is 0.0724. The van der Waals surface area contributed by atoms with Gasteiger partial charge in [-0.05, 0) is 30.3 Å². The smallest absolute Gasteiger partial charge is 0.282 e. The van der Waals surface area contributed by atoms with Crippen molar-refractivity contribution in [2.45, 2.75) is 6.92 Å². The monoisotopic (exact) mass is 270 g/mol. The summed E-state index contributed by atoms with van der Waals surface area (Å²) in [5, 5.41) is 14.9. The van der Waals surface area contributed by atoms with Crippen LogP contribution in [0.5, 0.6) is 0 Å². The second kappa shape index (κ2) is 4.47. The van der Waals surface area contributed by atoms with Crippen LogP contribution in [0.1, 0.15) is 12.5 Å². The van der Waals surface area contributed by atoms with Crippen molar-refractivity contribution in [2.75, 3.05) is 0 Å². The van der Waals surface area contributed by atoms with Gasteiger partial charge in [0.2, 0.25) is 5.17 Å². The summed E-state index contributed by atoms with van der Waals surface area (Å²) < 4.78 is 0. The van der Waals surface area contributed by atoms with Gasteiger partial charge in [-0.25, -0.2) is 0 Å². The Kier molecular flexibility index (Phi) is 2.79. The number of carbonyl (C=O) groups excluding carboxylic acids is 1. The Balaban J connectivity index is 2.03. The molecule has 0 aromatic heterocycles. The summed E-state index contributed by atoms with van der Waals surface area (Å²) in [7, 11) is 0. The van der Waals surface area contributed by atoms with Crippen LogP contribution in [0.4, 0.5) is 0 Å². The minimum atomic E-state index is -0.391. The average Bonchev–Trinajstić information content (AvgIpc) is 2.76. The quantitative estimate of drug-likeness (QED) is 0.796. The number of rotatable bonds is 1. The fourth-order valence-electron chi connectivity index (χ4n) is 1.80. The predicted molar refractivity (Wildman–Crippen MR) is 77.1 cm³/mol. The van der Waals surface area contributed by atoms with Crippen LogP contribution >= 0.6 is 11.8 Å². The number of amidine groups is 2. The molecule has 1 N–H and O–H groups in total. The van der Waals surface area contributed by atoms with E-state index in [1.54, 1.807) is 6.08 Å². The number of carbonyl (C=O) groups is 1. The van der Waals surface area contributed by atoms with Crippen molar-refractivity contribution < 1.29 is 4.79 Å². The van der Waals surface area contributed by atoms with Gasteiger partial charge in [0.15, 0.2) is 5.84 Å². The molecule has 5 nitrogen and oxygen atoms in total. The Bertz CT molecular complexity index is 660. The SMILES string of the molecule is CC1=NN2C(=N)/C(=C\c3ccccc3)C(=O)N=C2S1. The van der Waals surface area contributed by atoms with Crippen LogP contribution in [0.15, 0.2) is 46.0 Å². The van der Waals surface area contributed by atoms with Crippen LogP contribution in [0.3, 0.4) is 0 Å². The first-order chi connectivity index (χ1) is 9.15. The average molecular weight is 270 g/mol. The van der Waals surface area contributed by atoms with E-state index in [0.29, 0.717) is 5.17 Å². The molecule has 1 aromatic rings. The first kappa shape index (κ1) is 11.9. The molecule has 2 heterocycles. The van der Waals surface area contributed by atoms with E-state index in [9.17, 15) is 4.79 Å². The van der Waals surface area contributed by atoms with Crippen molar-refractivity contribution in [3.8, 4) is 0 Å². The van der Waals surface area contributed by atoms with Gasteiger partial charge in [-0.2, -0.15) is 15.1 Å². The fourth-order valence-corrected chi connectivity index (χ4v) is 2.54. The van der Waals surface area contributed by atoms with Gasteiger partial charge in [0.25, 0.3) is 5.91 Å². The summed E-state index contributed by atoms with van der Waals surface area (Å²) >= 11 is 1.30. The summed E-state index contributed by atoms with van der Waals surface area (Å²) in [6.45, 7) is 1.82. The molecular formula is C13H10N4OS. The fraction of sp³-hybridized carbons (Fsp3) is 0.0769. The largest absolute Gasteiger partial charge is 0.283 e. The molecule has 0 radical (unpaired) electrons. The molecule has 6 heteroatoms. The van der Waals surface area contributed by atoms with E-state index in [-0.39, 0.29) is 11.4 Å². The molecule has 0 fully saturated rings. The third kappa shape index (κ3) is 2.10. The second-order valence-electron chi connectivity index (χ2n) is 4.05. The highest BCUT2D eigenvalue weighted by Gasteiger charge is 2.34. The Hall–Kier alpha value is -2.21. The number of aliphatic imine (C=N–C) groups is 1. The number of hydrogen-bond donors (Lipinski definition) is 1. The lowest BCUT2D eigenvalue weighted by Crippen LogP contribution is -2.35. The van der Waals surface area contributed by atoms with Crippen molar-refractivity contribution in [1.29, 1.82) is 5.41 Å². The number of amides is 1. The second-order valence-corrected chi connectivity index (χ2v) is 5.21. The van der Waals surface area contributed by atoms with E-state index in [1.165, 1.54) is 16.8 Å². The van der Waals surface area contributed by atoms with Crippen LogP contribution in [0, 0.1) is 5.41 Å². The van der Waals surface area contributed by atoms with Crippen molar-refractivity contribution in [3.63, 3.8) is 0 Å². The standard InChI is InChI=1S/C13H10N4OS/c1-8-16-17-11(14)10(12(18)15-13(17)19-8)7-9-5-3-2-4-6-9/h2-7,14H,1H3/b10-7+,14-11?. The van der Waals surface area contributed by atoms with Gasteiger partial charge < -0.3 is 0 Å². The number of nitrogens with one attached hydrogen (secondary N) is 1. The summed E-state index contributed by atoms with van der Waals surface area (Å²) in [5.41, 5.74) is 1.12. The summed E-state index contributed by atoms with van der Waals surface area (Å²) in [6, 6.07) is 9.41. The van der Waals surface area contributed by atoms with Gasteiger partial charge in [0.1, 0.15) is 0 Å². The van der Waals surface area contributed by atoms with Crippen LogP contribution in [-0.2, 0) is 4.79 Å². The number of hydrazone groups is 1. The topological polar surface area (TPSA) is 68.9 Å². The Morgan fingerprint density at radius 3 is 2.79 bits per heavy atom. The Morgan fingerprint density at radius 2 is 2.05 bits per heavy atom. The molecule has 2 aliphatic heterocycles. The number of nitrogens with zero attached hydrogens (tertiary/aromatic N) is 3. The van der Waals surface area contributed by atoms with Gasteiger partial charge in [-0.3, -0.25) is 10.2 Å². The lowest BCUT2D eigenvalue weighted by Gasteiger charge is -2.20. The van der Waals surface area contributed by atoms with E-state index in [0.717, 1.165) is 10.6 Å². The van der Waals surface area contributed by atoms with Crippen LogP contribution < -0.4 is 0 Å². The number of fused-ring (bicyclic) bond motifs is 1. The molecule has 0 bridgehead atoms. The summed E-state index contributed by atoms with van der Waals surface area (Å²) in [5.74, 6) is -0.319. The molecule has 0 saturated heterocycles. The zero-order valence-corrected chi connectivity index (χ0v) is 10.9. The molecule has 0 atom stereocenters. The maximum absolute atomic E-state index is 12.0. The molecule has 1 amide bonds. The lowest BCUT2D eigenvalue weighted by atomic mass is 10.1. The van der Waals surface area contributed by atoms with E-state index >= 15 is 0 Å². The van der Waals surface area contributed by atoms with E-state index in [2.05, 4.69) is 10.1 Å². The maximum Gasteiger partial charge on any atom is 0.283 e. The Morgan fingerprint density at radius 1 is 1.32 bits per heavy atom. The third-order valence-corrected chi connectivity index (χ3v) is 3.49. The number of hydrogen-bond acceptors (Lipinski definition) is 4. The molecule has 94 valence electrons. The van der Waals surface area contributed by atoms with Gasteiger partial charge in [-0.1, -0.05) is 30.3 Å². The van der Waals surface area contributed by atoms with Crippen LogP contribution in [-0.4, -0.2) is 27.0 Å². The molecular weight excluding hydrogens is 260 g/mol. The van der Waals surface area contributed by atoms with Crippen LogP contribution in [0.2, 0.25) is 0 Å². The molecule has 0 unspecified atom stereocenters. The molecule has 0 saturated carbocycles. The van der Waals surface area contributed by atoms with Gasteiger partial charge >= 0.3 is 0 Å². The highest BCUT2D eigenvalue weighted by Crippen LogP contribution is 2.27. The normalized spacial score (nSPS) is 20.5.